The van der Waals surface area contributed by atoms with E-state index < -0.39 is 0 Å². The molecule has 0 aliphatic rings. The molecule has 2 aromatic heterocycles. The van der Waals surface area contributed by atoms with E-state index in [0.29, 0.717) is 16.2 Å². The van der Waals surface area contributed by atoms with E-state index in [4.69, 9.17) is 4.42 Å². The van der Waals surface area contributed by atoms with Crippen molar-refractivity contribution in [1.82, 2.24) is 15.2 Å². The number of hydrogen-bond acceptors (Lipinski definition) is 7. The van der Waals surface area contributed by atoms with Gasteiger partial charge < -0.3 is 9.73 Å². The number of carbonyl (C=O) groups excluding carboxylic acids is 1. The maximum absolute atomic E-state index is 12.1. The number of aromatic nitrogens is 3. The van der Waals surface area contributed by atoms with Gasteiger partial charge in [0.05, 0.1) is 5.25 Å². The number of nitrogens with zero attached hydrogens (tertiary/aromatic N) is 3. The van der Waals surface area contributed by atoms with E-state index in [9.17, 15) is 4.79 Å². The Kier molecular flexibility index (Phi) is 4.73. The average molecular weight is 346 g/mol. The van der Waals surface area contributed by atoms with Crippen molar-refractivity contribution in [2.24, 2.45) is 0 Å². The lowest BCUT2D eigenvalue weighted by atomic mass is 10.1. The van der Waals surface area contributed by atoms with Gasteiger partial charge in [0, 0.05) is 17.1 Å². The third-order valence-electron chi connectivity index (χ3n) is 3.01. The van der Waals surface area contributed by atoms with E-state index >= 15 is 0 Å². The van der Waals surface area contributed by atoms with E-state index in [1.807, 2.05) is 31.2 Å². The summed E-state index contributed by atoms with van der Waals surface area (Å²) >= 11 is 2.59. The van der Waals surface area contributed by atoms with Crippen molar-refractivity contribution >= 4 is 34.1 Å². The molecule has 8 heteroatoms. The lowest BCUT2D eigenvalue weighted by molar-refractivity contribution is -0.115. The summed E-state index contributed by atoms with van der Waals surface area (Å²) in [6.07, 6.45) is 1.64. The molecule has 1 atom stereocenters. The highest BCUT2D eigenvalue weighted by Crippen LogP contribution is 2.27. The predicted molar refractivity (Wildman–Crippen MR) is 90.5 cm³/mol. The van der Waals surface area contributed by atoms with Crippen molar-refractivity contribution in [3.63, 3.8) is 0 Å². The van der Waals surface area contributed by atoms with Gasteiger partial charge in [0.15, 0.2) is 5.13 Å². The SMILES string of the molecule is Cc1ccc(-c2nnc(S[C@@H](C)C(=O)Nc3nccs3)o2)cc1. The zero-order chi connectivity index (χ0) is 16.2. The summed E-state index contributed by atoms with van der Waals surface area (Å²) in [7, 11) is 0. The van der Waals surface area contributed by atoms with Gasteiger partial charge in [-0.3, -0.25) is 4.79 Å². The molecule has 0 saturated carbocycles. The average Bonchev–Trinajstić information content (AvgIpc) is 3.20. The third kappa shape index (κ3) is 3.96. The number of aryl methyl sites for hydroxylation is 1. The number of anilines is 1. The van der Waals surface area contributed by atoms with Gasteiger partial charge >= 0.3 is 0 Å². The van der Waals surface area contributed by atoms with Crippen LogP contribution < -0.4 is 5.32 Å². The van der Waals surface area contributed by atoms with Crippen molar-refractivity contribution in [3.8, 4) is 11.5 Å². The largest absolute Gasteiger partial charge is 0.411 e. The zero-order valence-electron chi connectivity index (χ0n) is 12.5. The molecule has 0 bridgehead atoms. The minimum atomic E-state index is -0.370. The van der Waals surface area contributed by atoms with Crippen molar-refractivity contribution in [2.75, 3.05) is 5.32 Å². The second kappa shape index (κ2) is 6.93. The molecule has 6 nitrogen and oxygen atoms in total. The molecular weight excluding hydrogens is 332 g/mol. The van der Waals surface area contributed by atoms with E-state index in [0.717, 1.165) is 11.1 Å². The zero-order valence-corrected chi connectivity index (χ0v) is 14.1. The van der Waals surface area contributed by atoms with Crippen LogP contribution in [0.4, 0.5) is 5.13 Å². The lowest BCUT2D eigenvalue weighted by Gasteiger charge is -2.07. The molecule has 23 heavy (non-hydrogen) atoms. The fourth-order valence-electron chi connectivity index (χ4n) is 1.77. The highest BCUT2D eigenvalue weighted by molar-refractivity contribution is 8.00. The Morgan fingerprint density at radius 2 is 2.09 bits per heavy atom. The van der Waals surface area contributed by atoms with E-state index in [-0.39, 0.29) is 11.2 Å². The smallest absolute Gasteiger partial charge is 0.277 e. The highest BCUT2D eigenvalue weighted by atomic mass is 32.2. The summed E-state index contributed by atoms with van der Waals surface area (Å²) in [6.45, 7) is 3.80. The van der Waals surface area contributed by atoms with Gasteiger partial charge in [0.1, 0.15) is 0 Å². The number of thiazole rings is 1. The number of rotatable bonds is 5. The van der Waals surface area contributed by atoms with Crippen LogP contribution in [0.3, 0.4) is 0 Å². The first kappa shape index (κ1) is 15.7. The van der Waals surface area contributed by atoms with Crippen LogP contribution in [0.2, 0.25) is 0 Å². The van der Waals surface area contributed by atoms with Gasteiger partial charge in [-0.25, -0.2) is 4.98 Å². The maximum atomic E-state index is 12.1. The first-order chi connectivity index (χ1) is 11.1. The van der Waals surface area contributed by atoms with Crippen molar-refractivity contribution in [1.29, 1.82) is 0 Å². The van der Waals surface area contributed by atoms with E-state index in [1.54, 1.807) is 18.5 Å². The Bertz CT molecular complexity index is 784. The standard InChI is InChI=1S/C15H14N4O2S2/c1-9-3-5-11(6-4-9)13-18-19-15(21-13)23-10(2)12(20)17-14-16-7-8-22-14/h3-8,10H,1-2H3,(H,16,17,20)/t10-/m0/s1. The minimum Gasteiger partial charge on any atom is -0.411 e. The Hall–Kier alpha value is -2.19. The summed E-state index contributed by atoms with van der Waals surface area (Å²) in [5, 5.41) is 13.1. The van der Waals surface area contributed by atoms with Crippen LogP contribution in [0.25, 0.3) is 11.5 Å². The fourth-order valence-corrected chi connectivity index (χ4v) is 2.98. The van der Waals surface area contributed by atoms with Crippen LogP contribution in [-0.2, 0) is 4.79 Å². The van der Waals surface area contributed by atoms with Crippen molar-refractivity contribution < 1.29 is 9.21 Å². The fraction of sp³-hybridized carbons (Fsp3) is 0.200. The minimum absolute atomic E-state index is 0.153. The molecule has 1 amide bonds. The summed E-state index contributed by atoms with van der Waals surface area (Å²) in [6, 6.07) is 7.82. The van der Waals surface area contributed by atoms with Crippen molar-refractivity contribution in [3.05, 3.63) is 41.4 Å². The van der Waals surface area contributed by atoms with Gasteiger partial charge in [0.25, 0.3) is 5.22 Å². The predicted octanol–water partition coefficient (Wildman–Crippen LogP) is 3.62. The second-order valence-corrected chi connectivity index (χ2v) is 7.01. The molecule has 1 N–H and O–H groups in total. The molecule has 0 unspecified atom stereocenters. The maximum Gasteiger partial charge on any atom is 0.277 e. The van der Waals surface area contributed by atoms with Gasteiger partial charge in [-0.1, -0.05) is 29.5 Å². The monoisotopic (exact) mass is 346 g/mol. The van der Waals surface area contributed by atoms with Crippen LogP contribution in [-0.4, -0.2) is 26.3 Å². The van der Waals surface area contributed by atoms with Crippen LogP contribution in [0.5, 0.6) is 0 Å². The first-order valence-electron chi connectivity index (χ1n) is 6.89. The van der Waals surface area contributed by atoms with Gasteiger partial charge in [-0.2, -0.15) is 0 Å². The quantitative estimate of drug-likeness (QED) is 0.711. The van der Waals surface area contributed by atoms with Crippen LogP contribution in [0.1, 0.15) is 12.5 Å². The molecule has 0 radical (unpaired) electrons. The molecule has 0 fully saturated rings. The molecule has 3 aromatic rings. The number of hydrogen-bond donors (Lipinski definition) is 1. The molecule has 0 spiro atoms. The number of benzene rings is 1. The van der Waals surface area contributed by atoms with Gasteiger partial charge in [0.2, 0.25) is 11.8 Å². The molecule has 118 valence electrons. The van der Waals surface area contributed by atoms with E-state index in [1.165, 1.54) is 23.1 Å². The molecule has 1 aromatic carbocycles. The Morgan fingerprint density at radius 3 is 2.78 bits per heavy atom. The van der Waals surface area contributed by atoms with Crippen molar-refractivity contribution in [2.45, 2.75) is 24.3 Å². The number of carbonyl (C=O) groups is 1. The van der Waals surface area contributed by atoms with Gasteiger partial charge in [-0.15, -0.1) is 21.5 Å². The van der Waals surface area contributed by atoms with Gasteiger partial charge in [-0.05, 0) is 26.0 Å². The number of amides is 1. The molecular formula is C15H14N4O2S2. The molecule has 0 aliphatic heterocycles. The number of thioether (sulfide) groups is 1. The molecule has 3 rings (SSSR count). The van der Waals surface area contributed by atoms with E-state index in [2.05, 4.69) is 20.5 Å². The molecule has 2 heterocycles. The van der Waals surface area contributed by atoms with Crippen LogP contribution in [0.15, 0.2) is 45.5 Å². The summed E-state index contributed by atoms with van der Waals surface area (Å²) in [4.78, 5) is 16.1. The van der Waals surface area contributed by atoms with Crippen LogP contribution in [0, 0.1) is 6.92 Å². The first-order valence-corrected chi connectivity index (χ1v) is 8.65. The Balaban J connectivity index is 1.64. The summed E-state index contributed by atoms with van der Waals surface area (Å²) in [5.74, 6) is 0.292. The summed E-state index contributed by atoms with van der Waals surface area (Å²) < 4.78 is 5.61. The Morgan fingerprint density at radius 1 is 1.30 bits per heavy atom. The second-order valence-electron chi connectivity index (χ2n) is 4.83. The molecule has 0 aliphatic carbocycles. The highest BCUT2D eigenvalue weighted by Gasteiger charge is 2.19. The molecule has 0 saturated heterocycles. The summed E-state index contributed by atoms with van der Waals surface area (Å²) in [5.41, 5.74) is 2.02. The number of nitrogens with one attached hydrogen (secondary N) is 1. The third-order valence-corrected chi connectivity index (χ3v) is 4.64. The topological polar surface area (TPSA) is 80.9 Å². The normalized spacial score (nSPS) is 12.1. The lowest BCUT2D eigenvalue weighted by Crippen LogP contribution is -2.22. The van der Waals surface area contributed by atoms with Crippen LogP contribution >= 0.6 is 23.1 Å². The Labute approximate surface area is 141 Å².